The first-order chi connectivity index (χ1) is 12.5. The van der Waals surface area contributed by atoms with Gasteiger partial charge in [0, 0.05) is 13.1 Å². The van der Waals surface area contributed by atoms with E-state index in [9.17, 15) is 9.18 Å². The van der Waals surface area contributed by atoms with E-state index in [1.54, 1.807) is 25.1 Å². The summed E-state index contributed by atoms with van der Waals surface area (Å²) in [5, 5.41) is 3.12. The minimum absolute atomic E-state index is 0.199. The summed E-state index contributed by atoms with van der Waals surface area (Å²) < 4.78 is 20.1. The molecule has 6 heteroatoms. The number of para-hydroxylation sites is 1. The van der Waals surface area contributed by atoms with E-state index in [2.05, 4.69) is 10.2 Å². The van der Waals surface area contributed by atoms with E-state index in [0.717, 1.165) is 31.5 Å². The first-order valence-electron chi connectivity index (χ1n) is 8.73. The molecule has 4 nitrogen and oxygen atoms in total. The molecule has 138 valence electrons. The highest BCUT2D eigenvalue weighted by molar-refractivity contribution is 6.32. The van der Waals surface area contributed by atoms with Gasteiger partial charge in [-0.25, -0.2) is 4.39 Å². The smallest absolute Gasteiger partial charge is 0.265 e. The van der Waals surface area contributed by atoms with Crippen molar-refractivity contribution in [3.8, 4) is 5.75 Å². The van der Waals surface area contributed by atoms with Crippen LogP contribution < -0.4 is 15.0 Å². The quantitative estimate of drug-likeness (QED) is 0.815. The third kappa shape index (κ3) is 4.10. The maximum atomic E-state index is 14.4. The van der Waals surface area contributed by atoms with Crippen LogP contribution in [0.1, 0.15) is 25.3 Å². The molecule has 0 saturated carbocycles. The lowest BCUT2D eigenvalue weighted by atomic mass is 10.2. The van der Waals surface area contributed by atoms with Crippen LogP contribution in [0.4, 0.5) is 15.8 Å². The minimum Gasteiger partial charge on any atom is -0.479 e. The second-order valence-electron chi connectivity index (χ2n) is 6.51. The first kappa shape index (κ1) is 18.5. The highest BCUT2D eigenvalue weighted by Gasteiger charge is 2.23. The van der Waals surface area contributed by atoms with Crippen LogP contribution in [-0.2, 0) is 4.79 Å². The van der Waals surface area contributed by atoms with E-state index in [1.165, 1.54) is 6.07 Å². The summed E-state index contributed by atoms with van der Waals surface area (Å²) in [5.74, 6) is -0.445. The lowest BCUT2D eigenvalue weighted by molar-refractivity contribution is -0.122. The predicted octanol–water partition coefficient (Wildman–Crippen LogP) is 4.79. The van der Waals surface area contributed by atoms with Crippen molar-refractivity contribution in [1.29, 1.82) is 0 Å². The Labute approximate surface area is 157 Å². The molecule has 1 heterocycles. The summed E-state index contributed by atoms with van der Waals surface area (Å²) >= 11 is 6.12. The van der Waals surface area contributed by atoms with E-state index in [0.29, 0.717) is 16.5 Å². The number of aryl methyl sites for hydroxylation is 1. The number of anilines is 2. The monoisotopic (exact) mass is 376 g/mol. The number of nitrogens with one attached hydrogen (secondary N) is 1. The molecular formula is C20H22ClFN2O2. The number of nitrogens with zero attached hydrogens (tertiary/aromatic N) is 1. The summed E-state index contributed by atoms with van der Waals surface area (Å²) in [4.78, 5) is 14.7. The Kier molecular flexibility index (Phi) is 5.67. The molecule has 1 amide bonds. The number of hydrogen-bond acceptors (Lipinski definition) is 3. The summed E-state index contributed by atoms with van der Waals surface area (Å²) in [6.07, 6.45) is 1.31. The zero-order chi connectivity index (χ0) is 18.7. The Bertz CT molecular complexity index is 806. The van der Waals surface area contributed by atoms with Gasteiger partial charge in [-0.1, -0.05) is 23.7 Å². The van der Waals surface area contributed by atoms with Crippen LogP contribution in [0.3, 0.4) is 0 Å². The van der Waals surface area contributed by atoms with Crippen LogP contribution in [0.15, 0.2) is 36.4 Å². The van der Waals surface area contributed by atoms with E-state index in [1.807, 2.05) is 19.1 Å². The number of carbonyl (C=O) groups is 1. The molecular weight excluding hydrogens is 355 g/mol. The Balaban J connectivity index is 1.76. The molecule has 1 fully saturated rings. The van der Waals surface area contributed by atoms with Crippen molar-refractivity contribution in [3.05, 3.63) is 52.8 Å². The van der Waals surface area contributed by atoms with Gasteiger partial charge in [-0.2, -0.15) is 0 Å². The summed E-state index contributed by atoms with van der Waals surface area (Å²) in [6, 6.07) is 10.2. The van der Waals surface area contributed by atoms with E-state index >= 15 is 0 Å². The molecule has 1 atom stereocenters. The average molecular weight is 377 g/mol. The summed E-state index contributed by atoms with van der Waals surface area (Å²) in [5.41, 5.74) is 1.88. The largest absolute Gasteiger partial charge is 0.479 e. The molecule has 2 aromatic carbocycles. The fourth-order valence-electron chi connectivity index (χ4n) is 3.03. The molecule has 0 aromatic heterocycles. The maximum Gasteiger partial charge on any atom is 0.265 e. The number of halogens is 2. The lowest BCUT2D eigenvalue weighted by Crippen LogP contribution is -2.31. The van der Waals surface area contributed by atoms with Crippen LogP contribution >= 0.6 is 11.6 Å². The summed E-state index contributed by atoms with van der Waals surface area (Å²) in [6.45, 7) is 5.24. The molecule has 1 aliphatic rings. The van der Waals surface area contributed by atoms with Crippen molar-refractivity contribution >= 4 is 28.9 Å². The van der Waals surface area contributed by atoms with Gasteiger partial charge in [0.15, 0.2) is 6.10 Å². The van der Waals surface area contributed by atoms with Crippen molar-refractivity contribution in [2.45, 2.75) is 32.8 Å². The molecule has 26 heavy (non-hydrogen) atoms. The normalized spacial score (nSPS) is 15.0. The highest BCUT2D eigenvalue weighted by atomic mass is 35.5. The van der Waals surface area contributed by atoms with Crippen LogP contribution in [0.2, 0.25) is 5.02 Å². The van der Waals surface area contributed by atoms with Crippen molar-refractivity contribution in [2.75, 3.05) is 23.3 Å². The second-order valence-corrected chi connectivity index (χ2v) is 6.92. The topological polar surface area (TPSA) is 41.6 Å². The van der Waals surface area contributed by atoms with Crippen molar-refractivity contribution < 1.29 is 13.9 Å². The standard InChI is InChI=1S/C20H22ClFN2O2/c1-13-8-9-15(21)18(12-13)26-14(2)20(25)23-19-16(22)6-5-7-17(19)24-10-3-4-11-24/h5-9,12,14H,3-4,10-11H2,1-2H3,(H,23,25). The zero-order valence-electron chi connectivity index (χ0n) is 14.9. The van der Waals surface area contributed by atoms with Crippen LogP contribution in [0.25, 0.3) is 0 Å². The first-order valence-corrected chi connectivity index (χ1v) is 9.10. The van der Waals surface area contributed by atoms with Crippen LogP contribution in [0, 0.1) is 12.7 Å². The number of rotatable bonds is 5. The van der Waals surface area contributed by atoms with Gasteiger partial charge in [0.05, 0.1) is 10.7 Å². The van der Waals surface area contributed by atoms with E-state index in [4.69, 9.17) is 16.3 Å². The van der Waals surface area contributed by atoms with Gasteiger partial charge in [0.1, 0.15) is 17.3 Å². The zero-order valence-corrected chi connectivity index (χ0v) is 15.6. The number of hydrogen-bond donors (Lipinski definition) is 1. The SMILES string of the molecule is Cc1ccc(Cl)c(OC(C)C(=O)Nc2c(F)cccc2N2CCCC2)c1. The number of carbonyl (C=O) groups excluding carboxylic acids is 1. The molecule has 0 bridgehead atoms. The highest BCUT2D eigenvalue weighted by Crippen LogP contribution is 2.32. The fourth-order valence-corrected chi connectivity index (χ4v) is 3.19. The minimum atomic E-state index is -0.819. The second kappa shape index (κ2) is 7.96. The van der Waals surface area contributed by atoms with Crippen molar-refractivity contribution in [3.63, 3.8) is 0 Å². The lowest BCUT2D eigenvalue weighted by Gasteiger charge is -2.23. The van der Waals surface area contributed by atoms with Gasteiger partial charge in [0.2, 0.25) is 0 Å². The molecule has 1 unspecified atom stereocenters. The van der Waals surface area contributed by atoms with E-state index in [-0.39, 0.29) is 5.69 Å². The van der Waals surface area contributed by atoms with Gasteiger partial charge in [-0.15, -0.1) is 0 Å². The molecule has 3 rings (SSSR count). The van der Waals surface area contributed by atoms with E-state index < -0.39 is 17.8 Å². The Morgan fingerprint density at radius 1 is 1.27 bits per heavy atom. The Hall–Kier alpha value is -2.27. The van der Waals surface area contributed by atoms with Gasteiger partial charge in [-0.3, -0.25) is 4.79 Å². The Morgan fingerprint density at radius 2 is 2.00 bits per heavy atom. The molecule has 1 aliphatic heterocycles. The number of benzene rings is 2. The summed E-state index contributed by atoms with van der Waals surface area (Å²) in [7, 11) is 0. The Morgan fingerprint density at radius 3 is 2.73 bits per heavy atom. The molecule has 1 N–H and O–H groups in total. The van der Waals surface area contributed by atoms with Crippen molar-refractivity contribution in [1.82, 2.24) is 0 Å². The van der Waals surface area contributed by atoms with Gasteiger partial charge < -0.3 is 15.0 Å². The third-order valence-corrected chi connectivity index (χ3v) is 4.76. The predicted molar refractivity (Wildman–Crippen MR) is 103 cm³/mol. The molecule has 1 saturated heterocycles. The van der Waals surface area contributed by atoms with Gasteiger partial charge in [-0.05, 0) is 56.5 Å². The fraction of sp³-hybridized carbons (Fsp3) is 0.350. The van der Waals surface area contributed by atoms with Crippen LogP contribution in [-0.4, -0.2) is 25.1 Å². The molecule has 0 spiro atoms. The third-order valence-electron chi connectivity index (χ3n) is 4.45. The molecule has 0 radical (unpaired) electrons. The number of ether oxygens (including phenoxy) is 1. The number of amides is 1. The molecule has 2 aromatic rings. The van der Waals surface area contributed by atoms with Crippen molar-refractivity contribution in [2.24, 2.45) is 0 Å². The molecule has 0 aliphatic carbocycles. The van der Waals surface area contributed by atoms with Crippen LogP contribution in [0.5, 0.6) is 5.75 Å². The maximum absolute atomic E-state index is 14.4. The average Bonchev–Trinajstić information content (AvgIpc) is 3.14. The van der Waals surface area contributed by atoms with Gasteiger partial charge in [0.25, 0.3) is 5.91 Å². The van der Waals surface area contributed by atoms with Gasteiger partial charge >= 0.3 is 0 Å².